The number of nitrogens with zero attached hydrogens (tertiary/aromatic N) is 2. The topological polar surface area (TPSA) is 8.17 Å². The van der Waals surface area contributed by atoms with Crippen molar-refractivity contribution >= 4 is 0 Å². The summed E-state index contributed by atoms with van der Waals surface area (Å²) in [6.45, 7) is 3.98. The number of aryl methyl sites for hydroxylation is 2. The van der Waals surface area contributed by atoms with Gasteiger partial charge in [0, 0.05) is 32.0 Å². The second-order valence-electron chi connectivity index (χ2n) is 7.63. The van der Waals surface area contributed by atoms with E-state index < -0.39 is 0 Å². The highest BCUT2D eigenvalue weighted by Gasteiger charge is 2.36. The van der Waals surface area contributed by atoms with Crippen LogP contribution in [0.5, 0.6) is 0 Å². The summed E-state index contributed by atoms with van der Waals surface area (Å²) in [5, 5.41) is 0. The summed E-state index contributed by atoms with van der Waals surface area (Å²) in [5.41, 5.74) is 3.29. The van der Waals surface area contributed by atoms with Gasteiger partial charge in [0.1, 0.15) is 0 Å². The van der Waals surface area contributed by atoms with Crippen LogP contribution in [-0.2, 0) is 19.4 Å². The molecule has 20 heavy (non-hydrogen) atoms. The third-order valence-corrected chi connectivity index (χ3v) is 6.01. The molecule has 1 aromatic heterocycles. The molecule has 2 aliphatic carbocycles. The zero-order valence-corrected chi connectivity index (χ0v) is 12.9. The molecule has 0 N–H and O–H groups in total. The van der Waals surface area contributed by atoms with Crippen molar-refractivity contribution in [1.82, 2.24) is 9.47 Å². The molecular formula is C18H28N2. The first-order valence-electron chi connectivity index (χ1n) is 8.64. The van der Waals surface area contributed by atoms with Gasteiger partial charge in [-0.3, -0.25) is 0 Å². The molecule has 3 aliphatic rings. The Labute approximate surface area is 123 Å². The summed E-state index contributed by atoms with van der Waals surface area (Å²) in [6, 6.07) is 0. The second kappa shape index (κ2) is 5.22. The van der Waals surface area contributed by atoms with Crippen LogP contribution in [0.2, 0.25) is 0 Å². The highest BCUT2D eigenvalue weighted by molar-refractivity contribution is 5.26. The minimum atomic E-state index is 0.927. The van der Waals surface area contributed by atoms with E-state index in [9.17, 15) is 0 Å². The van der Waals surface area contributed by atoms with Gasteiger partial charge in [-0.2, -0.15) is 0 Å². The quantitative estimate of drug-likeness (QED) is 0.801. The van der Waals surface area contributed by atoms with E-state index in [2.05, 4.69) is 28.9 Å². The SMILES string of the molecule is CN1CC2CCC(Cn3cc4c(c3)CCCC4)CC2C1. The molecule has 1 aromatic rings. The van der Waals surface area contributed by atoms with Crippen molar-refractivity contribution < 1.29 is 0 Å². The van der Waals surface area contributed by atoms with E-state index in [0.29, 0.717) is 0 Å². The van der Waals surface area contributed by atoms with Crippen LogP contribution < -0.4 is 0 Å². The molecule has 3 atom stereocenters. The highest BCUT2D eigenvalue weighted by Crippen LogP contribution is 2.39. The Kier molecular flexibility index (Phi) is 3.37. The minimum Gasteiger partial charge on any atom is -0.353 e. The van der Waals surface area contributed by atoms with Crippen LogP contribution in [0.25, 0.3) is 0 Å². The Morgan fingerprint density at radius 1 is 1.00 bits per heavy atom. The first kappa shape index (κ1) is 12.9. The maximum atomic E-state index is 2.55. The third-order valence-electron chi connectivity index (χ3n) is 6.01. The summed E-state index contributed by atoms with van der Waals surface area (Å²) in [4.78, 5) is 2.55. The standard InChI is InChI=1S/C18H28N2/c1-19-10-17-7-6-14(8-18(17)11-19)9-20-12-15-4-2-3-5-16(15)13-20/h12-14,17-18H,2-11H2,1H3. The molecule has 0 bridgehead atoms. The first-order valence-corrected chi connectivity index (χ1v) is 8.64. The number of hydrogen-bond donors (Lipinski definition) is 0. The van der Waals surface area contributed by atoms with Crippen LogP contribution in [0.4, 0.5) is 0 Å². The van der Waals surface area contributed by atoms with Crippen LogP contribution in [0.1, 0.15) is 43.2 Å². The fraction of sp³-hybridized carbons (Fsp3) is 0.778. The summed E-state index contributed by atoms with van der Waals surface area (Å²) in [5.74, 6) is 2.93. The summed E-state index contributed by atoms with van der Waals surface area (Å²) in [7, 11) is 2.30. The number of fused-ring (bicyclic) bond motifs is 2. The van der Waals surface area contributed by atoms with Crippen molar-refractivity contribution in [3.8, 4) is 0 Å². The molecule has 1 aliphatic heterocycles. The highest BCUT2D eigenvalue weighted by atomic mass is 15.1. The van der Waals surface area contributed by atoms with Crippen LogP contribution in [0.3, 0.4) is 0 Å². The van der Waals surface area contributed by atoms with Crippen LogP contribution in [0.15, 0.2) is 12.4 Å². The average Bonchev–Trinajstić information content (AvgIpc) is 2.99. The number of likely N-dealkylation sites (tertiary alicyclic amines) is 1. The van der Waals surface area contributed by atoms with E-state index in [1.54, 1.807) is 11.1 Å². The van der Waals surface area contributed by atoms with Gasteiger partial charge in [-0.15, -0.1) is 0 Å². The fourth-order valence-corrected chi connectivity index (χ4v) is 5.02. The van der Waals surface area contributed by atoms with E-state index in [4.69, 9.17) is 0 Å². The second-order valence-corrected chi connectivity index (χ2v) is 7.63. The molecular weight excluding hydrogens is 244 g/mol. The molecule has 2 heteroatoms. The molecule has 0 aromatic carbocycles. The Hall–Kier alpha value is -0.760. The smallest absolute Gasteiger partial charge is 0.0248 e. The van der Waals surface area contributed by atoms with Crippen molar-refractivity contribution in [2.24, 2.45) is 17.8 Å². The normalized spacial score (nSPS) is 34.0. The lowest BCUT2D eigenvalue weighted by Gasteiger charge is -2.31. The molecule has 3 unspecified atom stereocenters. The lowest BCUT2D eigenvalue weighted by Crippen LogP contribution is -2.25. The van der Waals surface area contributed by atoms with Gasteiger partial charge in [0.05, 0.1) is 0 Å². The van der Waals surface area contributed by atoms with E-state index in [1.807, 2.05) is 0 Å². The Morgan fingerprint density at radius 3 is 2.45 bits per heavy atom. The van der Waals surface area contributed by atoms with Gasteiger partial charge in [-0.05, 0) is 80.9 Å². The molecule has 110 valence electrons. The van der Waals surface area contributed by atoms with E-state index >= 15 is 0 Å². The van der Waals surface area contributed by atoms with Gasteiger partial charge >= 0.3 is 0 Å². The van der Waals surface area contributed by atoms with E-state index in [1.165, 1.54) is 64.6 Å². The lowest BCUT2D eigenvalue weighted by atomic mass is 9.76. The van der Waals surface area contributed by atoms with Gasteiger partial charge in [-0.1, -0.05) is 0 Å². The Bertz CT molecular complexity index is 452. The number of aromatic nitrogens is 1. The van der Waals surface area contributed by atoms with Crippen molar-refractivity contribution in [3.05, 3.63) is 23.5 Å². The molecule has 0 spiro atoms. The maximum absolute atomic E-state index is 2.55. The van der Waals surface area contributed by atoms with Crippen LogP contribution in [0, 0.1) is 17.8 Å². The maximum Gasteiger partial charge on any atom is 0.0248 e. The summed E-state index contributed by atoms with van der Waals surface area (Å²) >= 11 is 0. The zero-order valence-electron chi connectivity index (χ0n) is 12.9. The molecule has 2 nitrogen and oxygen atoms in total. The van der Waals surface area contributed by atoms with Crippen molar-refractivity contribution in [3.63, 3.8) is 0 Å². The largest absolute Gasteiger partial charge is 0.353 e. The average molecular weight is 272 g/mol. The first-order chi connectivity index (χ1) is 9.78. The van der Waals surface area contributed by atoms with Gasteiger partial charge in [0.2, 0.25) is 0 Å². The molecule has 0 amide bonds. The van der Waals surface area contributed by atoms with Gasteiger partial charge in [-0.25, -0.2) is 0 Å². The predicted octanol–water partition coefficient (Wildman–Crippen LogP) is 3.34. The molecule has 4 rings (SSSR count). The summed E-state index contributed by atoms with van der Waals surface area (Å²) in [6.07, 6.45) is 14.8. The van der Waals surface area contributed by atoms with Crippen LogP contribution in [-0.4, -0.2) is 29.6 Å². The molecule has 1 saturated carbocycles. The lowest BCUT2D eigenvalue weighted by molar-refractivity contribution is 0.207. The van der Waals surface area contributed by atoms with E-state index in [0.717, 1.165) is 17.8 Å². The van der Waals surface area contributed by atoms with Gasteiger partial charge < -0.3 is 9.47 Å². The molecule has 2 heterocycles. The van der Waals surface area contributed by atoms with Crippen molar-refractivity contribution in [2.75, 3.05) is 20.1 Å². The van der Waals surface area contributed by atoms with Crippen molar-refractivity contribution in [2.45, 2.75) is 51.5 Å². The number of rotatable bonds is 2. The van der Waals surface area contributed by atoms with Crippen molar-refractivity contribution in [1.29, 1.82) is 0 Å². The fourth-order valence-electron chi connectivity index (χ4n) is 5.02. The van der Waals surface area contributed by atoms with E-state index in [-0.39, 0.29) is 0 Å². The Balaban J connectivity index is 1.41. The molecule has 0 radical (unpaired) electrons. The third kappa shape index (κ3) is 2.43. The monoisotopic (exact) mass is 272 g/mol. The minimum absolute atomic E-state index is 0.927. The van der Waals surface area contributed by atoms with Gasteiger partial charge in [0.25, 0.3) is 0 Å². The summed E-state index contributed by atoms with van der Waals surface area (Å²) < 4.78 is 2.53. The molecule has 1 saturated heterocycles. The van der Waals surface area contributed by atoms with Crippen LogP contribution >= 0.6 is 0 Å². The van der Waals surface area contributed by atoms with Gasteiger partial charge in [0.15, 0.2) is 0 Å². The number of hydrogen-bond acceptors (Lipinski definition) is 1. The Morgan fingerprint density at radius 2 is 1.70 bits per heavy atom. The predicted molar refractivity (Wildman–Crippen MR) is 82.9 cm³/mol. The molecule has 2 fully saturated rings. The zero-order chi connectivity index (χ0) is 13.5.